The molecule has 5 nitrogen and oxygen atoms in total. The van der Waals surface area contributed by atoms with Crippen molar-refractivity contribution in [2.45, 2.75) is 31.7 Å². The van der Waals surface area contributed by atoms with Crippen LogP contribution in [0.15, 0.2) is 18.2 Å². The van der Waals surface area contributed by atoms with Crippen LogP contribution in [0.5, 0.6) is 0 Å². The molecule has 1 heterocycles. The number of benzene rings is 1. The lowest BCUT2D eigenvalue weighted by atomic mass is 10.1. The van der Waals surface area contributed by atoms with Gasteiger partial charge in [-0.15, -0.1) is 0 Å². The largest absolute Gasteiger partial charge is 0.396 e. The summed E-state index contributed by atoms with van der Waals surface area (Å²) in [6, 6.07) is 3.92. The first-order valence-electron chi connectivity index (χ1n) is 6.44. The maximum atomic E-state index is 13.4. The number of halogens is 1. The van der Waals surface area contributed by atoms with Gasteiger partial charge in [0.25, 0.3) is 5.69 Å². The van der Waals surface area contributed by atoms with Crippen LogP contribution in [0.25, 0.3) is 0 Å². The number of rotatable bonds is 5. The molecule has 2 rings (SSSR count). The average molecular weight is 268 g/mol. The van der Waals surface area contributed by atoms with Crippen LogP contribution in [0.1, 0.15) is 25.7 Å². The Balaban J connectivity index is 2.22. The fourth-order valence-corrected chi connectivity index (χ4v) is 2.63. The highest BCUT2D eigenvalue weighted by atomic mass is 19.1. The number of nitrogens with zero attached hydrogens (tertiary/aromatic N) is 2. The Morgan fingerprint density at radius 2 is 2.26 bits per heavy atom. The van der Waals surface area contributed by atoms with Crippen molar-refractivity contribution in [2.75, 3.05) is 18.1 Å². The number of non-ortho nitro benzene ring substituents is 1. The van der Waals surface area contributed by atoms with E-state index in [0.717, 1.165) is 31.9 Å². The van der Waals surface area contributed by atoms with Gasteiger partial charge in [0.2, 0.25) is 0 Å². The van der Waals surface area contributed by atoms with E-state index in [1.54, 1.807) is 0 Å². The number of aliphatic hydroxyl groups is 1. The fourth-order valence-electron chi connectivity index (χ4n) is 2.63. The molecule has 0 amide bonds. The van der Waals surface area contributed by atoms with Crippen molar-refractivity contribution in [1.82, 2.24) is 0 Å². The predicted octanol–water partition coefficient (Wildman–Crippen LogP) is 2.48. The summed E-state index contributed by atoms with van der Waals surface area (Å²) in [6.07, 6.45) is 3.48. The van der Waals surface area contributed by atoms with E-state index >= 15 is 0 Å². The first-order valence-corrected chi connectivity index (χ1v) is 6.44. The van der Waals surface area contributed by atoms with E-state index in [2.05, 4.69) is 0 Å². The van der Waals surface area contributed by atoms with Crippen molar-refractivity contribution in [2.24, 2.45) is 0 Å². The maximum Gasteiger partial charge on any atom is 0.274 e. The van der Waals surface area contributed by atoms with E-state index < -0.39 is 10.7 Å². The molecule has 1 aromatic carbocycles. The van der Waals surface area contributed by atoms with Crippen molar-refractivity contribution in [3.63, 3.8) is 0 Å². The van der Waals surface area contributed by atoms with Crippen molar-refractivity contribution in [3.05, 3.63) is 34.1 Å². The molecule has 1 aliphatic heterocycles. The van der Waals surface area contributed by atoms with Gasteiger partial charge >= 0.3 is 0 Å². The monoisotopic (exact) mass is 268 g/mol. The molecule has 1 N–H and O–H groups in total. The second-order valence-electron chi connectivity index (χ2n) is 4.78. The number of anilines is 1. The highest BCUT2D eigenvalue weighted by molar-refractivity contribution is 5.55. The molecule has 1 fully saturated rings. The Kier molecular flexibility index (Phi) is 4.31. The second-order valence-corrected chi connectivity index (χ2v) is 4.78. The molecule has 0 saturated carbocycles. The minimum atomic E-state index is -0.586. The molecule has 0 aromatic heterocycles. The molecule has 0 aliphatic carbocycles. The van der Waals surface area contributed by atoms with Crippen LogP contribution < -0.4 is 4.90 Å². The second kappa shape index (κ2) is 5.97. The predicted molar refractivity (Wildman–Crippen MR) is 69.7 cm³/mol. The van der Waals surface area contributed by atoms with Crippen LogP contribution in [0.4, 0.5) is 15.8 Å². The Labute approximate surface area is 110 Å². The molecule has 1 atom stereocenters. The zero-order chi connectivity index (χ0) is 13.8. The number of hydrogen-bond acceptors (Lipinski definition) is 4. The summed E-state index contributed by atoms with van der Waals surface area (Å²) >= 11 is 0. The zero-order valence-corrected chi connectivity index (χ0v) is 10.6. The summed E-state index contributed by atoms with van der Waals surface area (Å²) in [7, 11) is 0. The first-order chi connectivity index (χ1) is 9.11. The van der Waals surface area contributed by atoms with Crippen LogP contribution in [0, 0.1) is 15.9 Å². The molecule has 1 aliphatic rings. The SMILES string of the molecule is O=[N+]([O-])c1cc(F)cc(N2CCCC2CCCO)c1. The molecule has 1 aromatic rings. The van der Waals surface area contributed by atoms with Gasteiger partial charge in [0.05, 0.1) is 11.0 Å². The van der Waals surface area contributed by atoms with Crippen molar-refractivity contribution < 1.29 is 14.4 Å². The highest BCUT2D eigenvalue weighted by Gasteiger charge is 2.26. The number of nitro groups is 1. The Bertz CT molecular complexity index is 467. The smallest absolute Gasteiger partial charge is 0.274 e. The molecule has 6 heteroatoms. The van der Waals surface area contributed by atoms with Gasteiger partial charge in [0, 0.05) is 30.9 Å². The van der Waals surface area contributed by atoms with E-state index in [1.807, 2.05) is 4.90 Å². The van der Waals surface area contributed by atoms with Gasteiger partial charge in [-0.25, -0.2) is 4.39 Å². The van der Waals surface area contributed by atoms with E-state index in [9.17, 15) is 14.5 Å². The molecular formula is C13H17FN2O3. The van der Waals surface area contributed by atoms with E-state index in [-0.39, 0.29) is 18.3 Å². The summed E-state index contributed by atoms with van der Waals surface area (Å²) in [5.74, 6) is -0.586. The normalized spacial score (nSPS) is 18.8. The van der Waals surface area contributed by atoms with Crippen LogP contribution >= 0.6 is 0 Å². The minimum absolute atomic E-state index is 0.133. The Morgan fingerprint density at radius 3 is 2.95 bits per heavy atom. The quantitative estimate of drug-likeness (QED) is 0.658. The van der Waals surface area contributed by atoms with Crippen LogP contribution in [-0.4, -0.2) is 29.2 Å². The van der Waals surface area contributed by atoms with E-state index in [4.69, 9.17) is 5.11 Å². The fraction of sp³-hybridized carbons (Fsp3) is 0.538. The van der Waals surface area contributed by atoms with E-state index in [1.165, 1.54) is 12.1 Å². The van der Waals surface area contributed by atoms with Crippen molar-refractivity contribution in [1.29, 1.82) is 0 Å². The van der Waals surface area contributed by atoms with Crippen molar-refractivity contribution in [3.8, 4) is 0 Å². The first kappa shape index (κ1) is 13.7. The topological polar surface area (TPSA) is 66.6 Å². The van der Waals surface area contributed by atoms with Crippen molar-refractivity contribution >= 4 is 11.4 Å². The molecule has 0 spiro atoms. The van der Waals surface area contributed by atoms with Crippen LogP contribution in [-0.2, 0) is 0 Å². The summed E-state index contributed by atoms with van der Waals surface area (Å²) in [5, 5.41) is 19.6. The molecule has 0 radical (unpaired) electrons. The third-order valence-electron chi connectivity index (χ3n) is 3.48. The van der Waals surface area contributed by atoms with Gasteiger partial charge in [0.1, 0.15) is 5.82 Å². The van der Waals surface area contributed by atoms with Gasteiger partial charge in [-0.05, 0) is 31.7 Å². The highest BCUT2D eigenvalue weighted by Crippen LogP contribution is 2.31. The zero-order valence-electron chi connectivity index (χ0n) is 10.6. The molecule has 19 heavy (non-hydrogen) atoms. The lowest BCUT2D eigenvalue weighted by Gasteiger charge is -2.26. The van der Waals surface area contributed by atoms with Crippen LogP contribution in [0.3, 0.4) is 0 Å². The van der Waals surface area contributed by atoms with Gasteiger partial charge in [-0.2, -0.15) is 0 Å². The maximum absolute atomic E-state index is 13.4. The molecular weight excluding hydrogens is 251 g/mol. The van der Waals surface area contributed by atoms with Gasteiger partial charge < -0.3 is 10.0 Å². The summed E-state index contributed by atoms with van der Waals surface area (Å²) in [4.78, 5) is 12.2. The van der Waals surface area contributed by atoms with Gasteiger partial charge in [-0.1, -0.05) is 0 Å². The van der Waals surface area contributed by atoms with Gasteiger partial charge in [0.15, 0.2) is 0 Å². The number of hydrogen-bond donors (Lipinski definition) is 1. The molecule has 104 valence electrons. The minimum Gasteiger partial charge on any atom is -0.396 e. The standard InChI is InChI=1S/C13H17FN2O3/c14-10-7-12(9-13(8-10)16(18)19)15-5-1-3-11(15)4-2-6-17/h7-9,11,17H,1-6H2. The number of aliphatic hydroxyl groups excluding tert-OH is 1. The lowest BCUT2D eigenvalue weighted by Crippen LogP contribution is -2.29. The molecule has 0 bridgehead atoms. The third-order valence-corrected chi connectivity index (χ3v) is 3.48. The van der Waals surface area contributed by atoms with Crippen LogP contribution in [0.2, 0.25) is 0 Å². The Morgan fingerprint density at radius 1 is 1.47 bits per heavy atom. The summed E-state index contributed by atoms with van der Waals surface area (Å²) < 4.78 is 13.4. The average Bonchev–Trinajstić information content (AvgIpc) is 2.83. The molecule has 1 saturated heterocycles. The Hall–Kier alpha value is -1.69. The van der Waals surface area contributed by atoms with Gasteiger partial charge in [-0.3, -0.25) is 10.1 Å². The lowest BCUT2D eigenvalue weighted by molar-refractivity contribution is -0.385. The van der Waals surface area contributed by atoms with E-state index in [0.29, 0.717) is 12.1 Å². The summed E-state index contributed by atoms with van der Waals surface area (Å²) in [6.45, 7) is 0.907. The summed E-state index contributed by atoms with van der Waals surface area (Å²) in [5.41, 5.74) is 0.343. The third kappa shape index (κ3) is 3.20. The molecule has 1 unspecified atom stereocenters. The number of nitro benzene ring substituents is 1.